The molecule has 0 saturated heterocycles. The van der Waals surface area contributed by atoms with Crippen molar-refractivity contribution >= 4 is 35.2 Å². The minimum Gasteiger partial charge on any atom is -0.478 e. The van der Waals surface area contributed by atoms with Crippen molar-refractivity contribution in [3.63, 3.8) is 0 Å². The Labute approximate surface area is 207 Å². The van der Waals surface area contributed by atoms with Crippen LogP contribution in [0.25, 0.3) is 0 Å². The number of allylic oxidation sites excluding steroid dienone is 1. The van der Waals surface area contributed by atoms with Gasteiger partial charge in [0.25, 0.3) is 5.91 Å². The van der Waals surface area contributed by atoms with Crippen LogP contribution in [0.5, 0.6) is 0 Å². The number of carboxylic acid groups (broad SMARTS) is 1. The summed E-state index contributed by atoms with van der Waals surface area (Å²) >= 11 is 1.19. The summed E-state index contributed by atoms with van der Waals surface area (Å²) in [6.45, 7) is 8.17. The van der Waals surface area contributed by atoms with Crippen molar-refractivity contribution in [1.29, 1.82) is 0 Å². The second-order valence-electron chi connectivity index (χ2n) is 8.02. The molecular formula is C25H27N5O4S. The van der Waals surface area contributed by atoms with Gasteiger partial charge in [0, 0.05) is 17.8 Å². The van der Waals surface area contributed by atoms with Crippen LogP contribution in [0.1, 0.15) is 46.4 Å². The first-order valence-corrected chi connectivity index (χ1v) is 11.9. The Hall–Kier alpha value is -3.92. The van der Waals surface area contributed by atoms with Crippen LogP contribution in [0.4, 0.5) is 5.69 Å². The van der Waals surface area contributed by atoms with Crippen LogP contribution >= 0.6 is 11.8 Å². The van der Waals surface area contributed by atoms with E-state index in [-0.39, 0.29) is 29.0 Å². The van der Waals surface area contributed by atoms with Crippen LogP contribution in [0.2, 0.25) is 0 Å². The van der Waals surface area contributed by atoms with Crippen LogP contribution in [0.3, 0.4) is 0 Å². The fourth-order valence-electron chi connectivity index (χ4n) is 3.34. The molecule has 0 spiro atoms. The molecule has 0 aliphatic carbocycles. The Balaban J connectivity index is 1.73. The number of aromatic carboxylic acids is 1. The van der Waals surface area contributed by atoms with E-state index in [1.54, 1.807) is 42.5 Å². The van der Waals surface area contributed by atoms with Crippen molar-refractivity contribution < 1.29 is 19.5 Å². The van der Waals surface area contributed by atoms with Gasteiger partial charge in [0.15, 0.2) is 11.0 Å². The van der Waals surface area contributed by atoms with Crippen molar-refractivity contribution in [2.24, 2.45) is 5.92 Å². The lowest BCUT2D eigenvalue weighted by Gasteiger charge is -2.22. The van der Waals surface area contributed by atoms with Crippen molar-refractivity contribution in [3.8, 4) is 0 Å². The fraction of sp³-hybridized carbons (Fsp3) is 0.240. The van der Waals surface area contributed by atoms with E-state index >= 15 is 0 Å². The van der Waals surface area contributed by atoms with Crippen LogP contribution in [0.15, 0.2) is 72.4 Å². The van der Waals surface area contributed by atoms with E-state index in [0.717, 1.165) is 0 Å². The van der Waals surface area contributed by atoms with Gasteiger partial charge >= 0.3 is 5.97 Å². The van der Waals surface area contributed by atoms with Crippen molar-refractivity contribution in [3.05, 3.63) is 84.2 Å². The zero-order chi connectivity index (χ0) is 25.4. The first-order valence-electron chi connectivity index (χ1n) is 11.0. The third-order valence-corrected chi connectivity index (χ3v) is 6.02. The molecule has 3 N–H and O–H groups in total. The van der Waals surface area contributed by atoms with Gasteiger partial charge in [-0.1, -0.05) is 56.0 Å². The second kappa shape index (κ2) is 12.0. The van der Waals surface area contributed by atoms with E-state index in [1.165, 1.54) is 23.9 Å². The third-order valence-electron chi connectivity index (χ3n) is 5.05. The number of amides is 2. The maximum absolute atomic E-state index is 12.8. The van der Waals surface area contributed by atoms with E-state index in [1.807, 2.05) is 24.5 Å². The average Bonchev–Trinajstić information content (AvgIpc) is 3.23. The maximum Gasteiger partial charge on any atom is 0.335 e. The molecule has 3 aromatic rings. The molecule has 0 bridgehead atoms. The topological polar surface area (TPSA) is 126 Å². The molecular weight excluding hydrogens is 466 g/mol. The number of thioether (sulfide) groups is 1. The largest absolute Gasteiger partial charge is 0.478 e. The quantitative estimate of drug-likeness (QED) is 0.272. The normalized spacial score (nSPS) is 11.6. The second-order valence-corrected chi connectivity index (χ2v) is 8.97. The molecule has 10 heteroatoms. The summed E-state index contributed by atoms with van der Waals surface area (Å²) in [6.07, 6.45) is 1.70. The molecule has 35 heavy (non-hydrogen) atoms. The zero-order valence-electron chi connectivity index (χ0n) is 19.5. The predicted octanol–water partition coefficient (Wildman–Crippen LogP) is 4.02. The minimum atomic E-state index is -1.07. The number of carbonyl (C=O) groups is 3. The van der Waals surface area contributed by atoms with Crippen molar-refractivity contribution in [2.75, 3.05) is 11.1 Å². The van der Waals surface area contributed by atoms with Gasteiger partial charge in [-0.15, -0.1) is 16.8 Å². The lowest BCUT2D eigenvalue weighted by Crippen LogP contribution is -2.33. The van der Waals surface area contributed by atoms with Gasteiger partial charge in [-0.05, 0) is 36.2 Å². The number of nitrogens with zero attached hydrogens (tertiary/aromatic N) is 3. The van der Waals surface area contributed by atoms with Gasteiger partial charge in [0.1, 0.15) is 0 Å². The molecule has 0 saturated carbocycles. The van der Waals surface area contributed by atoms with E-state index in [4.69, 9.17) is 5.11 Å². The Kier molecular flexibility index (Phi) is 8.80. The lowest BCUT2D eigenvalue weighted by molar-refractivity contribution is -0.113. The molecule has 3 rings (SSSR count). The summed E-state index contributed by atoms with van der Waals surface area (Å²) in [7, 11) is 0. The number of hydrogen-bond acceptors (Lipinski definition) is 6. The number of hydrogen-bond donors (Lipinski definition) is 3. The highest BCUT2D eigenvalue weighted by atomic mass is 32.2. The number of aromatic nitrogens is 3. The number of nitrogens with one attached hydrogen (secondary N) is 2. The molecule has 182 valence electrons. The molecule has 1 heterocycles. The highest BCUT2D eigenvalue weighted by Crippen LogP contribution is 2.26. The Morgan fingerprint density at radius 2 is 1.80 bits per heavy atom. The van der Waals surface area contributed by atoms with Gasteiger partial charge in [0.05, 0.1) is 17.4 Å². The number of anilines is 1. The van der Waals surface area contributed by atoms with Gasteiger partial charge in [-0.3, -0.25) is 9.59 Å². The number of carbonyl (C=O) groups excluding carboxylic acids is 2. The van der Waals surface area contributed by atoms with Crippen LogP contribution in [-0.4, -0.2) is 43.4 Å². The molecule has 0 aliphatic heterocycles. The van der Waals surface area contributed by atoms with Gasteiger partial charge in [-0.2, -0.15) is 0 Å². The Morgan fingerprint density at radius 3 is 2.46 bits per heavy atom. The summed E-state index contributed by atoms with van der Waals surface area (Å²) in [5.41, 5.74) is 1.03. The molecule has 2 aromatic carbocycles. The number of rotatable bonds is 11. The molecule has 9 nitrogen and oxygen atoms in total. The Morgan fingerprint density at radius 1 is 1.09 bits per heavy atom. The minimum absolute atomic E-state index is 0.0260. The summed E-state index contributed by atoms with van der Waals surface area (Å²) in [6, 6.07) is 14.6. The van der Waals surface area contributed by atoms with Crippen LogP contribution in [-0.2, 0) is 11.3 Å². The molecule has 1 aromatic heterocycles. The first-order chi connectivity index (χ1) is 16.8. The van der Waals surface area contributed by atoms with Gasteiger partial charge in [0.2, 0.25) is 5.91 Å². The fourth-order valence-corrected chi connectivity index (χ4v) is 4.09. The van der Waals surface area contributed by atoms with Gasteiger partial charge < -0.3 is 20.3 Å². The monoisotopic (exact) mass is 493 g/mol. The molecule has 0 aliphatic rings. The highest BCUT2D eigenvalue weighted by molar-refractivity contribution is 7.99. The van der Waals surface area contributed by atoms with E-state index in [9.17, 15) is 14.4 Å². The van der Waals surface area contributed by atoms with E-state index < -0.39 is 12.0 Å². The van der Waals surface area contributed by atoms with Gasteiger partial charge in [-0.25, -0.2) is 4.79 Å². The number of carboxylic acids is 1. The summed E-state index contributed by atoms with van der Waals surface area (Å²) in [5, 5.41) is 23.9. The SMILES string of the molecule is C=CCn1c(SCC(=O)Nc2cccc(C(=O)O)c2)nnc1[C@H](NC(=O)c1ccccc1)C(C)C. The first kappa shape index (κ1) is 25.7. The smallest absolute Gasteiger partial charge is 0.335 e. The summed E-state index contributed by atoms with van der Waals surface area (Å²) in [5.74, 6) is -0.964. The van der Waals surface area contributed by atoms with E-state index in [2.05, 4.69) is 27.4 Å². The Bertz CT molecular complexity index is 1210. The summed E-state index contributed by atoms with van der Waals surface area (Å²) < 4.78 is 1.83. The molecule has 0 radical (unpaired) electrons. The van der Waals surface area contributed by atoms with Crippen molar-refractivity contribution in [2.45, 2.75) is 31.6 Å². The lowest BCUT2D eigenvalue weighted by atomic mass is 10.0. The van der Waals surface area contributed by atoms with Crippen LogP contribution in [0, 0.1) is 5.92 Å². The van der Waals surface area contributed by atoms with Crippen LogP contribution < -0.4 is 10.6 Å². The number of benzene rings is 2. The van der Waals surface area contributed by atoms with E-state index in [0.29, 0.717) is 28.8 Å². The molecule has 1 atom stereocenters. The third kappa shape index (κ3) is 6.80. The molecule has 2 amide bonds. The average molecular weight is 494 g/mol. The molecule has 0 fully saturated rings. The highest BCUT2D eigenvalue weighted by Gasteiger charge is 2.26. The zero-order valence-corrected chi connectivity index (χ0v) is 20.3. The maximum atomic E-state index is 12.8. The molecule has 0 unspecified atom stereocenters. The summed E-state index contributed by atoms with van der Waals surface area (Å²) in [4.78, 5) is 36.4. The standard InChI is InChI=1S/C25H27N5O4S/c1-4-13-30-22(21(16(2)3)27-23(32)17-9-6-5-7-10-17)28-29-25(30)35-15-20(31)26-19-12-8-11-18(14-19)24(33)34/h4-12,14,16,21H,1,13,15H2,2-3H3,(H,26,31)(H,27,32)(H,33,34)/t21-/m1/s1. The van der Waals surface area contributed by atoms with Crippen molar-refractivity contribution in [1.82, 2.24) is 20.1 Å². The predicted molar refractivity (Wildman–Crippen MR) is 134 cm³/mol.